The SMILES string of the molecule is CC(C)C[C@H](NC(=O)[C@H]1O[C@@H]1C(=O)O)C(=O)N1CCN(c2ccc(F)cc2)CC1. The van der Waals surface area contributed by atoms with E-state index in [9.17, 15) is 18.8 Å². The van der Waals surface area contributed by atoms with Crippen molar-refractivity contribution in [2.24, 2.45) is 5.92 Å². The minimum Gasteiger partial charge on any atom is -0.479 e. The van der Waals surface area contributed by atoms with Gasteiger partial charge in [-0.05, 0) is 36.6 Å². The zero-order valence-corrected chi connectivity index (χ0v) is 16.5. The summed E-state index contributed by atoms with van der Waals surface area (Å²) in [6.07, 6.45) is -1.72. The molecule has 9 heteroatoms. The summed E-state index contributed by atoms with van der Waals surface area (Å²) >= 11 is 0. The Morgan fingerprint density at radius 3 is 2.28 bits per heavy atom. The number of rotatable bonds is 7. The van der Waals surface area contributed by atoms with Crippen LogP contribution in [0.15, 0.2) is 24.3 Å². The summed E-state index contributed by atoms with van der Waals surface area (Å²) < 4.78 is 18.0. The molecule has 2 fully saturated rings. The molecule has 2 saturated heterocycles. The van der Waals surface area contributed by atoms with Crippen molar-refractivity contribution in [1.29, 1.82) is 0 Å². The van der Waals surface area contributed by atoms with Crippen LogP contribution in [-0.4, -0.2) is 72.2 Å². The van der Waals surface area contributed by atoms with Crippen molar-refractivity contribution in [3.63, 3.8) is 0 Å². The number of carbonyl (C=O) groups excluding carboxylic acids is 2. The summed E-state index contributed by atoms with van der Waals surface area (Å²) in [5.41, 5.74) is 0.899. The molecule has 0 radical (unpaired) electrons. The minimum atomic E-state index is -1.19. The monoisotopic (exact) mass is 407 g/mol. The zero-order valence-electron chi connectivity index (χ0n) is 16.5. The number of epoxide rings is 1. The van der Waals surface area contributed by atoms with E-state index in [4.69, 9.17) is 9.84 Å². The lowest BCUT2D eigenvalue weighted by molar-refractivity contribution is -0.138. The Balaban J connectivity index is 1.57. The Morgan fingerprint density at radius 2 is 1.76 bits per heavy atom. The molecule has 3 rings (SSSR count). The maximum absolute atomic E-state index is 13.1. The van der Waals surface area contributed by atoms with Crippen molar-refractivity contribution >= 4 is 23.5 Å². The molecule has 1 aromatic rings. The first-order valence-corrected chi connectivity index (χ1v) is 9.74. The Morgan fingerprint density at radius 1 is 1.14 bits per heavy atom. The number of hydrogen-bond acceptors (Lipinski definition) is 5. The number of nitrogens with one attached hydrogen (secondary N) is 1. The molecule has 2 N–H and O–H groups in total. The molecular formula is C20H26FN3O5. The minimum absolute atomic E-state index is 0.167. The quantitative estimate of drug-likeness (QED) is 0.650. The first kappa shape index (κ1) is 21.0. The lowest BCUT2D eigenvalue weighted by Gasteiger charge is -2.38. The lowest BCUT2D eigenvalue weighted by atomic mass is 10.0. The first-order chi connectivity index (χ1) is 13.8. The molecule has 0 aromatic heterocycles. The molecule has 158 valence electrons. The van der Waals surface area contributed by atoms with Crippen LogP contribution in [0.1, 0.15) is 20.3 Å². The van der Waals surface area contributed by atoms with Gasteiger partial charge in [-0.25, -0.2) is 9.18 Å². The zero-order chi connectivity index (χ0) is 21.1. The molecule has 29 heavy (non-hydrogen) atoms. The van der Waals surface area contributed by atoms with Gasteiger partial charge >= 0.3 is 5.97 Å². The summed E-state index contributed by atoms with van der Waals surface area (Å²) in [5, 5.41) is 11.6. The Hall–Kier alpha value is -2.68. The van der Waals surface area contributed by atoms with Crippen LogP contribution in [0.2, 0.25) is 0 Å². The van der Waals surface area contributed by atoms with E-state index in [-0.39, 0.29) is 17.6 Å². The van der Waals surface area contributed by atoms with Gasteiger partial charge in [0.05, 0.1) is 0 Å². The van der Waals surface area contributed by atoms with Gasteiger partial charge < -0.3 is 25.0 Å². The first-order valence-electron chi connectivity index (χ1n) is 9.74. The third kappa shape index (κ3) is 5.23. The van der Waals surface area contributed by atoms with Crippen LogP contribution in [0.25, 0.3) is 0 Å². The number of anilines is 1. The van der Waals surface area contributed by atoms with Crippen LogP contribution in [0.3, 0.4) is 0 Å². The molecule has 0 bridgehead atoms. The van der Waals surface area contributed by atoms with Crippen LogP contribution in [0.4, 0.5) is 10.1 Å². The second kappa shape index (κ2) is 8.77. The van der Waals surface area contributed by atoms with Crippen LogP contribution in [-0.2, 0) is 19.1 Å². The van der Waals surface area contributed by atoms with E-state index in [0.29, 0.717) is 32.6 Å². The summed E-state index contributed by atoms with van der Waals surface area (Å²) in [5.74, 6) is -2.06. The van der Waals surface area contributed by atoms with Gasteiger partial charge in [-0.15, -0.1) is 0 Å². The number of carbonyl (C=O) groups is 3. The molecule has 2 heterocycles. The molecule has 1 aromatic carbocycles. The second-order valence-corrected chi connectivity index (χ2v) is 7.79. The summed E-state index contributed by atoms with van der Waals surface area (Å²) in [4.78, 5) is 39.9. The highest BCUT2D eigenvalue weighted by Gasteiger charge is 2.51. The molecule has 0 unspecified atom stereocenters. The fraction of sp³-hybridized carbons (Fsp3) is 0.550. The highest BCUT2D eigenvalue weighted by atomic mass is 19.1. The maximum Gasteiger partial charge on any atom is 0.336 e. The van der Waals surface area contributed by atoms with Gasteiger partial charge in [-0.2, -0.15) is 0 Å². The molecule has 2 aliphatic rings. The summed E-state index contributed by atoms with van der Waals surface area (Å²) in [6.45, 7) is 6.08. The molecule has 3 atom stereocenters. The second-order valence-electron chi connectivity index (χ2n) is 7.79. The molecule has 8 nitrogen and oxygen atoms in total. The van der Waals surface area contributed by atoms with E-state index in [1.165, 1.54) is 12.1 Å². The number of ether oxygens (including phenoxy) is 1. The van der Waals surface area contributed by atoms with E-state index < -0.39 is 30.1 Å². The van der Waals surface area contributed by atoms with Crippen molar-refractivity contribution in [1.82, 2.24) is 10.2 Å². The Bertz CT molecular complexity index is 762. The van der Waals surface area contributed by atoms with Gasteiger partial charge in [-0.3, -0.25) is 9.59 Å². The van der Waals surface area contributed by atoms with Gasteiger partial charge in [-0.1, -0.05) is 13.8 Å². The number of carboxylic acids is 1. The molecule has 2 aliphatic heterocycles. The van der Waals surface area contributed by atoms with E-state index in [0.717, 1.165) is 5.69 Å². The fourth-order valence-corrected chi connectivity index (χ4v) is 3.50. The normalized spacial score (nSPS) is 22.3. The van der Waals surface area contributed by atoms with Crippen molar-refractivity contribution < 1.29 is 28.6 Å². The Kier molecular flexibility index (Phi) is 6.36. The summed E-state index contributed by atoms with van der Waals surface area (Å²) in [7, 11) is 0. The smallest absolute Gasteiger partial charge is 0.336 e. The number of carboxylic acid groups (broad SMARTS) is 1. The van der Waals surface area contributed by atoms with Gasteiger partial charge in [0.2, 0.25) is 5.91 Å². The molecule has 0 aliphatic carbocycles. The highest BCUT2D eigenvalue weighted by molar-refractivity contribution is 5.95. The van der Waals surface area contributed by atoms with Gasteiger partial charge in [0, 0.05) is 31.9 Å². The molecule has 0 saturated carbocycles. The van der Waals surface area contributed by atoms with Crippen LogP contribution in [0.5, 0.6) is 0 Å². The number of nitrogens with zero attached hydrogens (tertiary/aromatic N) is 2. The van der Waals surface area contributed by atoms with Crippen molar-refractivity contribution in [2.45, 2.75) is 38.5 Å². The van der Waals surface area contributed by atoms with Gasteiger partial charge in [0.25, 0.3) is 5.91 Å². The number of amides is 2. The van der Waals surface area contributed by atoms with E-state index in [1.807, 2.05) is 13.8 Å². The lowest BCUT2D eigenvalue weighted by Crippen LogP contribution is -2.56. The van der Waals surface area contributed by atoms with E-state index in [2.05, 4.69) is 10.2 Å². The number of hydrogen-bond donors (Lipinski definition) is 2. The van der Waals surface area contributed by atoms with E-state index >= 15 is 0 Å². The average molecular weight is 407 g/mol. The van der Waals surface area contributed by atoms with Crippen molar-refractivity contribution in [3.8, 4) is 0 Å². The van der Waals surface area contributed by atoms with Crippen molar-refractivity contribution in [2.75, 3.05) is 31.1 Å². The molecular weight excluding hydrogens is 381 g/mol. The summed E-state index contributed by atoms with van der Waals surface area (Å²) in [6, 6.07) is 5.52. The highest BCUT2D eigenvalue weighted by Crippen LogP contribution is 2.23. The predicted molar refractivity (Wildman–Crippen MR) is 103 cm³/mol. The van der Waals surface area contributed by atoms with Crippen LogP contribution < -0.4 is 10.2 Å². The number of benzene rings is 1. The van der Waals surface area contributed by atoms with Crippen molar-refractivity contribution in [3.05, 3.63) is 30.1 Å². The largest absolute Gasteiger partial charge is 0.479 e. The topological polar surface area (TPSA) is 102 Å². The number of halogens is 1. The van der Waals surface area contributed by atoms with Gasteiger partial charge in [0.1, 0.15) is 11.9 Å². The predicted octanol–water partition coefficient (Wildman–Crippen LogP) is 0.857. The third-order valence-electron chi connectivity index (χ3n) is 5.10. The fourth-order valence-electron chi connectivity index (χ4n) is 3.50. The molecule has 2 amide bonds. The van der Waals surface area contributed by atoms with Crippen LogP contribution >= 0.6 is 0 Å². The Labute approximate surface area is 168 Å². The third-order valence-corrected chi connectivity index (χ3v) is 5.10. The van der Waals surface area contributed by atoms with E-state index in [1.54, 1.807) is 17.0 Å². The maximum atomic E-state index is 13.1. The standard InChI is InChI=1S/C20H26FN3O5/c1-12(2)11-15(22-18(25)16-17(29-16)20(27)28)19(26)24-9-7-23(8-10-24)14-5-3-13(21)4-6-14/h3-6,12,15-17H,7-11H2,1-2H3,(H,22,25)(H,27,28)/t15-,16-,17-/m0/s1. The molecule has 0 spiro atoms. The average Bonchev–Trinajstić information content (AvgIpc) is 3.49. The number of piperazine rings is 1. The van der Waals surface area contributed by atoms with Gasteiger partial charge in [0.15, 0.2) is 12.2 Å². The van der Waals surface area contributed by atoms with Crippen LogP contribution in [0, 0.1) is 11.7 Å². The number of aliphatic carboxylic acids is 1.